The summed E-state index contributed by atoms with van der Waals surface area (Å²) in [6.45, 7) is 2.47. The van der Waals surface area contributed by atoms with Crippen molar-refractivity contribution in [2.24, 2.45) is 0 Å². The van der Waals surface area contributed by atoms with Gasteiger partial charge in [-0.3, -0.25) is 4.79 Å². The van der Waals surface area contributed by atoms with Gasteiger partial charge in [0.15, 0.2) is 0 Å². The van der Waals surface area contributed by atoms with Crippen LogP contribution >= 0.6 is 0 Å². The van der Waals surface area contributed by atoms with Crippen molar-refractivity contribution >= 4 is 5.91 Å². The number of halogens is 2. The summed E-state index contributed by atoms with van der Waals surface area (Å²) < 4.78 is 28.6. The Labute approximate surface area is 81.0 Å². The van der Waals surface area contributed by atoms with Crippen molar-refractivity contribution in [3.63, 3.8) is 0 Å². The van der Waals surface area contributed by atoms with E-state index >= 15 is 0 Å². The highest BCUT2D eigenvalue weighted by atomic mass is 19.3. The molecule has 1 amide bonds. The van der Waals surface area contributed by atoms with Gasteiger partial charge in [0.2, 0.25) is 5.91 Å². The minimum absolute atomic E-state index is 0.162. The second kappa shape index (κ2) is 4.65. The van der Waals surface area contributed by atoms with Crippen LogP contribution in [0, 0.1) is 0 Å². The fraction of sp³-hybridized carbons (Fsp3) is 0.875. The average molecular weight is 208 g/mol. The summed E-state index contributed by atoms with van der Waals surface area (Å²) in [5.41, 5.74) is -0.317. The molecular weight excluding hydrogens is 194 g/mol. The number of rotatable bonds is 5. The molecule has 0 atom stereocenters. The van der Waals surface area contributed by atoms with Crippen molar-refractivity contribution in [1.29, 1.82) is 0 Å². The molecule has 0 radical (unpaired) electrons. The Balaban J connectivity index is 2.08. The van der Waals surface area contributed by atoms with Crippen LogP contribution in [0.25, 0.3) is 0 Å². The molecule has 1 heterocycles. The van der Waals surface area contributed by atoms with Gasteiger partial charge in [0.1, 0.15) is 6.61 Å². The molecule has 82 valence electrons. The fourth-order valence-electron chi connectivity index (χ4n) is 1.06. The molecule has 0 unspecified atom stereocenters. The van der Waals surface area contributed by atoms with Crippen molar-refractivity contribution in [1.82, 2.24) is 10.6 Å². The van der Waals surface area contributed by atoms with Crippen LogP contribution < -0.4 is 10.6 Å². The van der Waals surface area contributed by atoms with E-state index in [-0.39, 0.29) is 12.2 Å². The van der Waals surface area contributed by atoms with Crippen LogP contribution in [0.15, 0.2) is 0 Å². The predicted octanol–water partition coefficient (Wildman–Crippen LogP) is -0.254. The monoisotopic (exact) mass is 208 g/mol. The first kappa shape index (κ1) is 11.3. The molecule has 0 bridgehead atoms. The number of amides is 1. The summed E-state index contributed by atoms with van der Waals surface area (Å²) in [5, 5.41) is 5.07. The van der Waals surface area contributed by atoms with E-state index in [0.29, 0.717) is 13.1 Å². The Morgan fingerprint density at radius 3 is 2.71 bits per heavy atom. The van der Waals surface area contributed by atoms with E-state index in [1.165, 1.54) is 0 Å². The minimum Gasteiger partial charge on any atom is -0.363 e. The van der Waals surface area contributed by atoms with Gasteiger partial charge in [-0.2, -0.15) is 0 Å². The first-order valence-corrected chi connectivity index (χ1v) is 4.41. The molecule has 0 saturated carbocycles. The van der Waals surface area contributed by atoms with Gasteiger partial charge >= 0.3 is 0 Å². The highest BCUT2D eigenvalue weighted by Gasteiger charge is 2.32. The smallest absolute Gasteiger partial charge is 0.255 e. The molecule has 1 saturated heterocycles. The van der Waals surface area contributed by atoms with E-state index in [0.717, 1.165) is 0 Å². The van der Waals surface area contributed by atoms with E-state index in [4.69, 9.17) is 4.74 Å². The predicted molar refractivity (Wildman–Crippen MR) is 46.2 cm³/mol. The number of carbonyl (C=O) groups is 1. The van der Waals surface area contributed by atoms with Crippen LogP contribution in [-0.2, 0) is 9.53 Å². The number of ether oxygens (including phenoxy) is 1. The lowest BCUT2D eigenvalue weighted by molar-refractivity contribution is -0.136. The first-order valence-electron chi connectivity index (χ1n) is 4.41. The molecule has 0 aliphatic carbocycles. The lowest BCUT2D eigenvalue weighted by Crippen LogP contribution is -2.59. The molecule has 1 fully saturated rings. The Morgan fingerprint density at radius 1 is 1.64 bits per heavy atom. The molecule has 0 aromatic heterocycles. The maximum Gasteiger partial charge on any atom is 0.255 e. The van der Waals surface area contributed by atoms with Gasteiger partial charge in [-0.15, -0.1) is 0 Å². The molecule has 0 spiro atoms. The molecule has 2 N–H and O–H groups in total. The summed E-state index contributed by atoms with van der Waals surface area (Å²) in [4.78, 5) is 10.9. The van der Waals surface area contributed by atoms with Gasteiger partial charge in [-0.1, -0.05) is 0 Å². The topological polar surface area (TPSA) is 50.4 Å². The lowest BCUT2D eigenvalue weighted by Gasteiger charge is -2.38. The van der Waals surface area contributed by atoms with Crippen molar-refractivity contribution in [2.45, 2.75) is 19.0 Å². The van der Waals surface area contributed by atoms with Crippen molar-refractivity contribution in [2.75, 3.05) is 26.2 Å². The van der Waals surface area contributed by atoms with Gasteiger partial charge in [0, 0.05) is 13.1 Å². The summed E-state index contributed by atoms with van der Waals surface area (Å²) in [5.74, 6) is -0.501. The van der Waals surface area contributed by atoms with Crippen molar-refractivity contribution < 1.29 is 18.3 Å². The number of hydrogen-bond acceptors (Lipinski definition) is 3. The summed E-state index contributed by atoms with van der Waals surface area (Å²) in [7, 11) is 0. The Kier molecular flexibility index (Phi) is 3.77. The maximum absolute atomic E-state index is 11.7. The fourth-order valence-corrected chi connectivity index (χ4v) is 1.06. The SMILES string of the molecule is CC1(OCC(=O)NCC(F)F)CNC1. The minimum atomic E-state index is -2.51. The van der Waals surface area contributed by atoms with Gasteiger partial charge < -0.3 is 15.4 Å². The molecule has 4 nitrogen and oxygen atoms in total. The second-order valence-electron chi connectivity index (χ2n) is 3.54. The first-order chi connectivity index (χ1) is 6.52. The summed E-state index contributed by atoms with van der Waals surface area (Å²) in [6, 6.07) is 0. The molecule has 1 aliphatic rings. The zero-order valence-corrected chi connectivity index (χ0v) is 7.98. The summed E-state index contributed by atoms with van der Waals surface area (Å²) in [6.07, 6.45) is -2.51. The zero-order valence-electron chi connectivity index (χ0n) is 7.98. The van der Waals surface area contributed by atoms with Gasteiger partial charge in [-0.05, 0) is 6.92 Å². The standard InChI is InChI=1S/C8H14F2N2O2/c1-8(4-11-5-8)14-3-7(13)12-2-6(9)10/h6,11H,2-5H2,1H3,(H,12,13). The average Bonchev–Trinajstić information content (AvgIpc) is 2.08. The lowest BCUT2D eigenvalue weighted by atomic mass is 10.0. The molecule has 14 heavy (non-hydrogen) atoms. The largest absolute Gasteiger partial charge is 0.363 e. The van der Waals surface area contributed by atoms with Crippen molar-refractivity contribution in [3.05, 3.63) is 0 Å². The molecule has 6 heteroatoms. The normalized spacial score (nSPS) is 19.1. The molecule has 0 aromatic carbocycles. The van der Waals surface area contributed by atoms with E-state index < -0.39 is 18.9 Å². The van der Waals surface area contributed by atoms with Gasteiger partial charge in [0.05, 0.1) is 12.1 Å². The van der Waals surface area contributed by atoms with Crippen molar-refractivity contribution in [3.8, 4) is 0 Å². The van der Waals surface area contributed by atoms with Crippen LogP contribution in [0.1, 0.15) is 6.92 Å². The molecule has 0 aromatic rings. The van der Waals surface area contributed by atoms with Gasteiger partial charge in [0.25, 0.3) is 6.43 Å². The third kappa shape index (κ3) is 3.55. The van der Waals surface area contributed by atoms with E-state index in [1.807, 2.05) is 6.92 Å². The molecule has 1 aliphatic heterocycles. The Morgan fingerprint density at radius 2 is 2.29 bits per heavy atom. The second-order valence-corrected chi connectivity index (χ2v) is 3.54. The quantitative estimate of drug-likeness (QED) is 0.655. The van der Waals surface area contributed by atoms with E-state index in [1.54, 1.807) is 0 Å². The van der Waals surface area contributed by atoms with Crippen LogP contribution in [-0.4, -0.2) is 44.2 Å². The molecule has 1 rings (SSSR count). The highest BCUT2D eigenvalue weighted by Crippen LogP contribution is 2.14. The summed E-state index contributed by atoms with van der Waals surface area (Å²) >= 11 is 0. The highest BCUT2D eigenvalue weighted by molar-refractivity contribution is 5.77. The molecular formula is C8H14F2N2O2. The van der Waals surface area contributed by atoms with Gasteiger partial charge in [-0.25, -0.2) is 8.78 Å². The van der Waals surface area contributed by atoms with E-state index in [2.05, 4.69) is 10.6 Å². The third-order valence-electron chi connectivity index (χ3n) is 2.00. The maximum atomic E-state index is 11.7. The Bertz CT molecular complexity index is 208. The van der Waals surface area contributed by atoms with E-state index in [9.17, 15) is 13.6 Å². The number of nitrogens with one attached hydrogen (secondary N) is 2. The third-order valence-corrected chi connectivity index (χ3v) is 2.00. The van der Waals surface area contributed by atoms with Crippen LogP contribution in [0.5, 0.6) is 0 Å². The number of carbonyl (C=O) groups excluding carboxylic acids is 1. The Hall–Kier alpha value is -0.750. The van der Waals surface area contributed by atoms with Crippen LogP contribution in [0.3, 0.4) is 0 Å². The zero-order chi connectivity index (χ0) is 10.6. The number of hydrogen-bond donors (Lipinski definition) is 2. The van der Waals surface area contributed by atoms with Crippen LogP contribution in [0.2, 0.25) is 0 Å². The number of alkyl halides is 2. The van der Waals surface area contributed by atoms with Crippen LogP contribution in [0.4, 0.5) is 8.78 Å².